The minimum Gasteiger partial charge on any atom is -0.478 e. The lowest BCUT2D eigenvalue weighted by molar-refractivity contribution is 0.171. The summed E-state index contributed by atoms with van der Waals surface area (Å²) >= 11 is 5.22. The molecule has 1 N–H and O–H groups in total. The van der Waals surface area contributed by atoms with Gasteiger partial charge >= 0.3 is 0 Å². The van der Waals surface area contributed by atoms with Crippen molar-refractivity contribution in [1.82, 2.24) is 5.32 Å². The van der Waals surface area contributed by atoms with E-state index in [0.717, 1.165) is 29.0 Å². The predicted octanol–water partition coefficient (Wildman–Crippen LogP) is 2.95. The minimum atomic E-state index is 0.345. The highest BCUT2D eigenvalue weighted by Crippen LogP contribution is 2.35. The van der Waals surface area contributed by atoms with Crippen LogP contribution in [0.5, 0.6) is 5.06 Å². The zero-order chi connectivity index (χ0) is 9.97. The van der Waals surface area contributed by atoms with E-state index in [4.69, 9.17) is 4.74 Å². The van der Waals surface area contributed by atoms with E-state index >= 15 is 0 Å². The SMILES string of the molecule is Cc1cc(Br)c(OC2CCCNC2)s1. The van der Waals surface area contributed by atoms with Gasteiger partial charge in [0.15, 0.2) is 5.06 Å². The number of piperidine rings is 1. The van der Waals surface area contributed by atoms with Crippen LogP contribution >= 0.6 is 27.3 Å². The van der Waals surface area contributed by atoms with Crippen molar-refractivity contribution in [3.05, 3.63) is 15.4 Å². The van der Waals surface area contributed by atoms with E-state index < -0.39 is 0 Å². The van der Waals surface area contributed by atoms with Crippen LogP contribution in [-0.4, -0.2) is 19.2 Å². The zero-order valence-corrected chi connectivity index (χ0v) is 10.6. The molecule has 0 bridgehead atoms. The highest BCUT2D eigenvalue weighted by atomic mass is 79.9. The Bertz CT molecular complexity index is 307. The molecule has 14 heavy (non-hydrogen) atoms. The van der Waals surface area contributed by atoms with Crippen molar-refractivity contribution >= 4 is 27.3 Å². The predicted molar refractivity (Wildman–Crippen MR) is 63.3 cm³/mol. The third-order valence-corrected chi connectivity index (χ3v) is 4.10. The first-order valence-corrected chi connectivity index (χ1v) is 6.50. The lowest BCUT2D eigenvalue weighted by Gasteiger charge is -2.23. The second-order valence-electron chi connectivity index (χ2n) is 3.58. The molecule has 2 rings (SSSR count). The quantitative estimate of drug-likeness (QED) is 0.896. The third kappa shape index (κ3) is 2.49. The molecule has 1 aliphatic rings. The molecule has 2 heterocycles. The molecular formula is C10H14BrNOS. The molecule has 0 saturated carbocycles. The van der Waals surface area contributed by atoms with Crippen LogP contribution in [-0.2, 0) is 0 Å². The number of hydrogen-bond acceptors (Lipinski definition) is 3. The fourth-order valence-corrected chi connectivity index (χ4v) is 3.25. The van der Waals surface area contributed by atoms with E-state index in [1.54, 1.807) is 11.3 Å². The van der Waals surface area contributed by atoms with Crippen molar-refractivity contribution in [2.75, 3.05) is 13.1 Å². The number of thiophene rings is 1. The standard InChI is InChI=1S/C10H14BrNOS/c1-7-5-9(11)10(14-7)13-8-3-2-4-12-6-8/h5,8,12H,2-4,6H2,1H3. The molecule has 1 unspecified atom stereocenters. The van der Waals surface area contributed by atoms with Crippen molar-refractivity contribution in [2.24, 2.45) is 0 Å². The molecule has 2 nitrogen and oxygen atoms in total. The van der Waals surface area contributed by atoms with Crippen molar-refractivity contribution < 1.29 is 4.74 Å². The molecule has 4 heteroatoms. The van der Waals surface area contributed by atoms with Crippen LogP contribution < -0.4 is 10.1 Å². The molecule has 1 aliphatic heterocycles. The van der Waals surface area contributed by atoms with Crippen molar-refractivity contribution in [1.29, 1.82) is 0 Å². The van der Waals surface area contributed by atoms with Crippen LogP contribution in [0, 0.1) is 6.92 Å². The van der Waals surface area contributed by atoms with Crippen LogP contribution in [0.4, 0.5) is 0 Å². The molecule has 0 radical (unpaired) electrons. The summed E-state index contributed by atoms with van der Waals surface area (Å²) in [5, 5.41) is 4.37. The second-order valence-corrected chi connectivity index (χ2v) is 5.65. The Morgan fingerprint density at radius 3 is 3.07 bits per heavy atom. The van der Waals surface area contributed by atoms with E-state index in [-0.39, 0.29) is 0 Å². The maximum Gasteiger partial charge on any atom is 0.188 e. The Morgan fingerprint density at radius 2 is 2.50 bits per heavy atom. The Kier molecular flexibility index (Phi) is 3.47. The van der Waals surface area contributed by atoms with Gasteiger partial charge in [-0.3, -0.25) is 0 Å². The van der Waals surface area contributed by atoms with E-state index in [9.17, 15) is 0 Å². The summed E-state index contributed by atoms with van der Waals surface area (Å²) in [4.78, 5) is 1.29. The van der Waals surface area contributed by atoms with Gasteiger partial charge in [0.25, 0.3) is 0 Å². The Morgan fingerprint density at radius 1 is 1.64 bits per heavy atom. The largest absolute Gasteiger partial charge is 0.478 e. The molecular weight excluding hydrogens is 262 g/mol. The normalized spacial score (nSPS) is 22.3. The molecule has 0 aliphatic carbocycles. The smallest absolute Gasteiger partial charge is 0.188 e. The Balaban J connectivity index is 1.98. The monoisotopic (exact) mass is 275 g/mol. The van der Waals surface area contributed by atoms with Gasteiger partial charge in [0.05, 0.1) is 4.47 Å². The van der Waals surface area contributed by atoms with Crippen LogP contribution in [0.25, 0.3) is 0 Å². The highest BCUT2D eigenvalue weighted by molar-refractivity contribution is 9.10. The highest BCUT2D eigenvalue weighted by Gasteiger charge is 2.16. The minimum absolute atomic E-state index is 0.345. The lowest BCUT2D eigenvalue weighted by atomic mass is 10.1. The molecule has 1 saturated heterocycles. The van der Waals surface area contributed by atoms with Gasteiger partial charge in [-0.1, -0.05) is 0 Å². The van der Waals surface area contributed by atoms with E-state index in [1.807, 2.05) is 0 Å². The van der Waals surface area contributed by atoms with Gasteiger partial charge in [-0.25, -0.2) is 0 Å². The molecule has 1 fully saturated rings. The first kappa shape index (κ1) is 10.5. The number of hydrogen-bond donors (Lipinski definition) is 1. The summed E-state index contributed by atoms with van der Waals surface area (Å²) < 4.78 is 7.00. The van der Waals surface area contributed by atoms with Gasteiger partial charge in [0, 0.05) is 11.4 Å². The molecule has 0 aromatic carbocycles. The molecule has 0 amide bonds. The first-order valence-electron chi connectivity index (χ1n) is 4.89. The Labute approximate surface area is 96.8 Å². The first-order chi connectivity index (χ1) is 6.75. The summed E-state index contributed by atoms with van der Waals surface area (Å²) in [6.07, 6.45) is 2.72. The molecule has 1 atom stereocenters. The van der Waals surface area contributed by atoms with E-state index in [1.165, 1.54) is 11.3 Å². The van der Waals surface area contributed by atoms with Gasteiger partial charge in [-0.2, -0.15) is 0 Å². The van der Waals surface area contributed by atoms with E-state index in [2.05, 4.69) is 34.2 Å². The summed E-state index contributed by atoms with van der Waals surface area (Å²) in [6.45, 7) is 4.20. The fraction of sp³-hybridized carbons (Fsp3) is 0.600. The molecule has 1 aromatic rings. The van der Waals surface area contributed by atoms with Crippen LogP contribution in [0.2, 0.25) is 0 Å². The molecule has 1 aromatic heterocycles. The fourth-order valence-electron chi connectivity index (χ4n) is 1.61. The molecule has 78 valence electrons. The van der Waals surface area contributed by atoms with Crippen LogP contribution in [0.3, 0.4) is 0 Å². The van der Waals surface area contributed by atoms with E-state index in [0.29, 0.717) is 6.10 Å². The topological polar surface area (TPSA) is 21.3 Å². The summed E-state index contributed by atoms with van der Waals surface area (Å²) in [5.41, 5.74) is 0. The van der Waals surface area contributed by atoms with Gasteiger partial charge in [0.2, 0.25) is 0 Å². The average molecular weight is 276 g/mol. The number of aryl methyl sites for hydroxylation is 1. The van der Waals surface area contributed by atoms with Crippen molar-refractivity contribution in [2.45, 2.75) is 25.9 Å². The number of halogens is 1. The Hall–Kier alpha value is -0.0600. The summed E-state index contributed by atoms with van der Waals surface area (Å²) in [6, 6.07) is 2.11. The second kappa shape index (κ2) is 4.64. The summed E-state index contributed by atoms with van der Waals surface area (Å²) in [5.74, 6) is 0. The lowest BCUT2D eigenvalue weighted by Crippen LogP contribution is -2.37. The van der Waals surface area contributed by atoms with Gasteiger partial charge in [0.1, 0.15) is 6.10 Å². The maximum atomic E-state index is 5.92. The average Bonchev–Trinajstić information content (AvgIpc) is 2.47. The molecule has 0 spiro atoms. The van der Waals surface area contributed by atoms with Gasteiger partial charge < -0.3 is 10.1 Å². The summed E-state index contributed by atoms with van der Waals surface area (Å²) in [7, 11) is 0. The number of ether oxygens (including phenoxy) is 1. The number of nitrogens with one attached hydrogen (secondary N) is 1. The third-order valence-electron chi connectivity index (χ3n) is 2.30. The van der Waals surface area contributed by atoms with Gasteiger partial charge in [-0.05, 0) is 48.3 Å². The van der Waals surface area contributed by atoms with Crippen LogP contribution in [0.15, 0.2) is 10.5 Å². The van der Waals surface area contributed by atoms with Crippen molar-refractivity contribution in [3.63, 3.8) is 0 Å². The maximum absolute atomic E-state index is 5.92. The van der Waals surface area contributed by atoms with Crippen LogP contribution in [0.1, 0.15) is 17.7 Å². The number of rotatable bonds is 2. The van der Waals surface area contributed by atoms with Crippen molar-refractivity contribution in [3.8, 4) is 5.06 Å². The van der Waals surface area contributed by atoms with Gasteiger partial charge in [-0.15, -0.1) is 11.3 Å². The zero-order valence-electron chi connectivity index (χ0n) is 8.18.